The summed E-state index contributed by atoms with van der Waals surface area (Å²) in [6.45, 7) is -0.270. The molecule has 0 saturated heterocycles. The standard InChI is InChI=1S/C28H20F3N3O3S/c29-28(30,31)27-33-25-23(26(32)35)15-22(38(36,37)21-9-5-2-6-10-21)16-24(25)34(27)17-18-11-13-20(14-12-18)19-7-3-1-4-8-19/h1-16H,17H2,(H2,32,35). The zero-order valence-corrected chi connectivity index (χ0v) is 20.5. The third-order valence-electron chi connectivity index (χ3n) is 6.11. The average Bonchev–Trinajstić information content (AvgIpc) is 3.28. The largest absolute Gasteiger partial charge is 0.449 e. The van der Waals surface area contributed by atoms with Crippen LogP contribution in [0.5, 0.6) is 0 Å². The Morgan fingerprint density at radius 1 is 0.816 bits per heavy atom. The lowest BCUT2D eigenvalue weighted by atomic mass is 10.0. The molecule has 0 bridgehead atoms. The summed E-state index contributed by atoms with van der Waals surface area (Å²) in [6, 6.07) is 25.9. The van der Waals surface area contributed by atoms with E-state index in [9.17, 15) is 26.4 Å². The van der Waals surface area contributed by atoms with Crippen LogP contribution in [0.25, 0.3) is 22.2 Å². The molecule has 0 fully saturated rings. The van der Waals surface area contributed by atoms with Crippen LogP contribution < -0.4 is 5.73 Å². The number of sulfone groups is 1. The molecule has 5 rings (SSSR count). The van der Waals surface area contributed by atoms with Crippen molar-refractivity contribution >= 4 is 26.8 Å². The van der Waals surface area contributed by atoms with Crippen LogP contribution in [0.1, 0.15) is 21.7 Å². The van der Waals surface area contributed by atoms with Gasteiger partial charge >= 0.3 is 6.18 Å². The van der Waals surface area contributed by atoms with Crippen molar-refractivity contribution in [2.45, 2.75) is 22.5 Å². The first-order valence-corrected chi connectivity index (χ1v) is 12.9. The fourth-order valence-corrected chi connectivity index (χ4v) is 5.60. The summed E-state index contributed by atoms with van der Waals surface area (Å²) in [5.41, 5.74) is 6.90. The number of fused-ring (bicyclic) bond motifs is 1. The molecule has 38 heavy (non-hydrogen) atoms. The van der Waals surface area contributed by atoms with Crippen molar-refractivity contribution in [3.05, 3.63) is 114 Å². The molecule has 5 aromatic rings. The molecule has 192 valence electrons. The first-order chi connectivity index (χ1) is 18.1. The number of primary amides is 1. The van der Waals surface area contributed by atoms with Crippen molar-refractivity contribution in [1.29, 1.82) is 0 Å². The van der Waals surface area contributed by atoms with E-state index in [-0.39, 0.29) is 27.4 Å². The van der Waals surface area contributed by atoms with Gasteiger partial charge in [0.25, 0.3) is 5.91 Å². The maximum atomic E-state index is 14.1. The number of alkyl halides is 3. The van der Waals surface area contributed by atoms with Crippen molar-refractivity contribution in [3.63, 3.8) is 0 Å². The number of rotatable bonds is 6. The van der Waals surface area contributed by atoms with Gasteiger partial charge in [-0.2, -0.15) is 13.2 Å². The lowest BCUT2D eigenvalue weighted by Crippen LogP contribution is -2.15. The topological polar surface area (TPSA) is 95.1 Å². The fraction of sp³-hybridized carbons (Fsp3) is 0.0714. The van der Waals surface area contributed by atoms with Crippen LogP contribution in [-0.2, 0) is 22.6 Å². The Morgan fingerprint density at radius 3 is 1.97 bits per heavy atom. The SMILES string of the molecule is NC(=O)c1cc(S(=O)(=O)c2ccccc2)cc2c1nc(C(F)(F)F)n2Cc1ccc(-c2ccccc2)cc1. The first kappa shape index (κ1) is 25.2. The lowest BCUT2D eigenvalue weighted by Gasteiger charge is -2.13. The molecular formula is C28H20F3N3O3S. The van der Waals surface area contributed by atoms with Gasteiger partial charge in [0.05, 0.1) is 20.9 Å². The minimum atomic E-state index is -4.88. The van der Waals surface area contributed by atoms with Gasteiger partial charge in [-0.25, -0.2) is 13.4 Å². The molecule has 0 aliphatic rings. The summed E-state index contributed by atoms with van der Waals surface area (Å²) >= 11 is 0. The molecule has 0 spiro atoms. The van der Waals surface area contributed by atoms with Crippen molar-refractivity contribution < 1.29 is 26.4 Å². The predicted molar refractivity (Wildman–Crippen MR) is 136 cm³/mol. The van der Waals surface area contributed by atoms with E-state index in [1.165, 1.54) is 24.3 Å². The van der Waals surface area contributed by atoms with Gasteiger partial charge < -0.3 is 10.3 Å². The zero-order valence-electron chi connectivity index (χ0n) is 19.7. The third-order valence-corrected chi connectivity index (χ3v) is 7.86. The molecule has 0 atom stereocenters. The van der Waals surface area contributed by atoms with Crippen LogP contribution in [0.4, 0.5) is 13.2 Å². The van der Waals surface area contributed by atoms with Gasteiger partial charge in [0.2, 0.25) is 15.7 Å². The van der Waals surface area contributed by atoms with E-state index in [1.54, 1.807) is 30.3 Å². The number of hydrogen-bond donors (Lipinski definition) is 1. The van der Waals surface area contributed by atoms with Crippen LogP contribution in [0.2, 0.25) is 0 Å². The van der Waals surface area contributed by atoms with E-state index in [0.717, 1.165) is 27.8 Å². The Morgan fingerprint density at radius 2 is 1.39 bits per heavy atom. The average molecular weight is 536 g/mol. The molecule has 0 saturated carbocycles. The molecule has 0 radical (unpaired) electrons. The second-order valence-corrected chi connectivity index (χ2v) is 10.6. The Labute approximate surface area is 216 Å². The summed E-state index contributed by atoms with van der Waals surface area (Å²) in [5, 5.41) is 0. The van der Waals surface area contributed by atoms with E-state index in [0.29, 0.717) is 5.56 Å². The number of nitrogens with two attached hydrogens (primary N) is 1. The number of nitrogens with zero attached hydrogens (tertiary/aromatic N) is 2. The van der Waals surface area contributed by atoms with E-state index < -0.39 is 33.3 Å². The Kier molecular flexibility index (Phi) is 6.28. The van der Waals surface area contributed by atoms with Crippen molar-refractivity contribution in [1.82, 2.24) is 9.55 Å². The van der Waals surface area contributed by atoms with Crippen LogP contribution in [0.15, 0.2) is 107 Å². The molecule has 4 aromatic carbocycles. The maximum absolute atomic E-state index is 14.1. The number of halogens is 3. The number of aromatic nitrogens is 2. The number of imidazole rings is 1. The highest BCUT2D eigenvalue weighted by molar-refractivity contribution is 7.91. The number of carbonyl (C=O) groups excluding carboxylic acids is 1. The van der Waals surface area contributed by atoms with Gasteiger partial charge in [-0.15, -0.1) is 0 Å². The first-order valence-electron chi connectivity index (χ1n) is 11.4. The fourth-order valence-electron chi connectivity index (χ4n) is 4.27. The molecule has 0 aliphatic heterocycles. The highest BCUT2D eigenvalue weighted by Gasteiger charge is 2.38. The molecule has 6 nitrogen and oxygen atoms in total. The van der Waals surface area contributed by atoms with Crippen molar-refractivity contribution in [2.24, 2.45) is 5.73 Å². The van der Waals surface area contributed by atoms with Crippen LogP contribution in [0.3, 0.4) is 0 Å². The summed E-state index contributed by atoms with van der Waals surface area (Å²) < 4.78 is 69.7. The zero-order chi connectivity index (χ0) is 27.1. The van der Waals surface area contributed by atoms with Gasteiger partial charge in [-0.1, -0.05) is 72.8 Å². The molecule has 1 heterocycles. The van der Waals surface area contributed by atoms with E-state index in [4.69, 9.17) is 5.73 Å². The third kappa shape index (κ3) is 4.66. The monoisotopic (exact) mass is 535 g/mol. The summed E-state index contributed by atoms with van der Waals surface area (Å²) in [6.07, 6.45) is -4.88. The smallest absolute Gasteiger partial charge is 0.366 e. The van der Waals surface area contributed by atoms with Gasteiger partial charge in [-0.05, 0) is 41.0 Å². The summed E-state index contributed by atoms with van der Waals surface area (Å²) in [5.74, 6) is -2.36. The Balaban J connectivity index is 1.68. The quantitative estimate of drug-likeness (QED) is 0.302. The second-order valence-electron chi connectivity index (χ2n) is 8.60. The van der Waals surface area contributed by atoms with E-state index in [2.05, 4.69) is 4.98 Å². The number of amides is 1. The van der Waals surface area contributed by atoms with Gasteiger partial charge in [-0.3, -0.25) is 4.79 Å². The second kappa shape index (κ2) is 9.46. The van der Waals surface area contributed by atoms with Gasteiger partial charge in [0.1, 0.15) is 5.52 Å². The van der Waals surface area contributed by atoms with Crippen molar-refractivity contribution in [3.8, 4) is 11.1 Å². The molecule has 2 N–H and O–H groups in total. The van der Waals surface area contributed by atoms with E-state index >= 15 is 0 Å². The minimum Gasteiger partial charge on any atom is -0.366 e. The van der Waals surface area contributed by atoms with Crippen LogP contribution in [-0.4, -0.2) is 23.9 Å². The lowest BCUT2D eigenvalue weighted by molar-refractivity contribution is -0.146. The maximum Gasteiger partial charge on any atom is 0.449 e. The van der Waals surface area contributed by atoms with Crippen LogP contribution >= 0.6 is 0 Å². The number of hydrogen-bond acceptors (Lipinski definition) is 4. The number of benzene rings is 4. The summed E-state index contributed by atoms with van der Waals surface area (Å²) in [4.78, 5) is 15.5. The molecule has 1 amide bonds. The molecule has 0 unspecified atom stereocenters. The minimum absolute atomic E-state index is 0.0756. The molecule has 1 aromatic heterocycles. The molecule has 10 heteroatoms. The van der Waals surface area contributed by atoms with Crippen LogP contribution in [0, 0.1) is 0 Å². The van der Waals surface area contributed by atoms with Crippen molar-refractivity contribution in [2.75, 3.05) is 0 Å². The Bertz CT molecular complexity index is 1750. The predicted octanol–water partition coefficient (Wildman–Crippen LogP) is 5.70. The molecular weight excluding hydrogens is 515 g/mol. The summed E-state index contributed by atoms with van der Waals surface area (Å²) in [7, 11) is -4.17. The highest BCUT2D eigenvalue weighted by atomic mass is 32.2. The van der Waals surface area contributed by atoms with Gasteiger partial charge in [0.15, 0.2) is 0 Å². The van der Waals surface area contributed by atoms with E-state index in [1.807, 2.05) is 30.3 Å². The molecule has 0 aliphatic carbocycles. The highest BCUT2D eigenvalue weighted by Crippen LogP contribution is 2.35. The normalized spacial score (nSPS) is 12.1. The van der Waals surface area contributed by atoms with Gasteiger partial charge in [0, 0.05) is 6.54 Å². The number of carbonyl (C=O) groups is 1. The Hall–Kier alpha value is -4.44.